The van der Waals surface area contributed by atoms with Crippen molar-refractivity contribution in [2.24, 2.45) is 0 Å². The molecule has 0 spiro atoms. The minimum atomic E-state index is 0.275. The molecule has 17 heavy (non-hydrogen) atoms. The zero-order valence-electron chi connectivity index (χ0n) is 10.0. The van der Waals surface area contributed by atoms with Crippen molar-refractivity contribution in [1.82, 2.24) is 9.97 Å². The lowest BCUT2D eigenvalue weighted by Gasteiger charge is -2.13. The molecule has 88 valence electrons. The van der Waals surface area contributed by atoms with Crippen molar-refractivity contribution >= 4 is 17.5 Å². The smallest absolute Gasteiger partial charge is 0.221 e. The van der Waals surface area contributed by atoms with Gasteiger partial charge in [0.1, 0.15) is 5.82 Å². The number of anilines is 3. The summed E-state index contributed by atoms with van der Waals surface area (Å²) in [5, 5.41) is 3.26. The fraction of sp³-hybridized carbons (Fsp3) is 0.231. The average Bonchev–Trinajstić information content (AvgIpc) is 2.29. The Kier molecular flexibility index (Phi) is 3.23. The Morgan fingerprint density at radius 2 is 1.94 bits per heavy atom. The molecule has 0 radical (unpaired) electrons. The Morgan fingerprint density at radius 3 is 2.65 bits per heavy atom. The fourth-order valence-electron chi connectivity index (χ4n) is 1.70. The molecule has 0 saturated carbocycles. The largest absolute Gasteiger partial charge is 0.368 e. The Labute approximate surface area is 101 Å². The topological polar surface area (TPSA) is 63.8 Å². The van der Waals surface area contributed by atoms with E-state index in [0.717, 1.165) is 5.69 Å². The number of nitrogens with zero attached hydrogens (tertiary/aromatic N) is 2. The first-order valence-electron chi connectivity index (χ1n) is 5.61. The van der Waals surface area contributed by atoms with Gasteiger partial charge in [-0.3, -0.25) is 0 Å². The van der Waals surface area contributed by atoms with Gasteiger partial charge in [-0.25, -0.2) is 4.98 Å². The molecule has 2 rings (SSSR count). The first-order chi connectivity index (χ1) is 8.16. The first kappa shape index (κ1) is 11.4. The van der Waals surface area contributed by atoms with E-state index in [1.165, 1.54) is 5.56 Å². The molecule has 4 heteroatoms. The van der Waals surface area contributed by atoms with Gasteiger partial charge in [-0.2, -0.15) is 4.98 Å². The van der Waals surface area contributed by atoms with E-state index in [4.69, 9.17) is 5.73 Å². The van der Waals surface area contributed by atoms with Crippen LogP contribution in [0.15, 0.2) is 36.5 Å². The molecule has 0 atom stereocenters. The first-order valence-corrected chi connectivity index (χ1v) is 5.61. The number of aromatic nitrogens is 2. The summed E-state index contributed by atoms with van der Waals surface area (Å²) in [7, 11) is 0. The highest BCUT2D eigenvalue weighted by Gasteiger charge is 2.06. The predicted molar refractivity (Wildman–Crippen MR) is 70.3 cm³/mol. The summed E-state index contributed by atoms with van der Waals surface area (Å²) < 4.78 is 0. The van der Waals surface area contributed by atoms with Crippen LogP contribution in [0.1, 0.15) is 25.3 Å². The van der Waals surface area contributed by atoms with Crippen LogP contribution in [0.25, 0.3) is 0 Å². The quantitative estimate of drug-likeness (QED) is 0.847. The molecule has 1 aromatic carbocycles. The van der Waals surface area contributed by atoms with Crippen LogP contribution in [0.5, 0.6) is 0 Å². The van der Waals surface area contributed by atoms with Crippen LogP contribution in [0.4, 0.5) is 17.5 Å². The van der Waals surface area contributed by atoms with Crippen molar-refractivity contribution in [3.8, 4) is 0 Å². The summed E-state index contributed by atoms with van der Waals surface area (Å²) in [6, 6.07) is 9.98. The summed E-state index contributed by atoms with van der Waals surface area (Å²) in [5.74, 6) is 1.44. The van der Waals surface area contributed by atoms with Crippen LogP contribution in [-0.4, -0.2) is 9.97 Å². The van der Waals surface area contributed by atoms with E-state index < -0.39 is 0 Å². The van der Waals surface area contributed by atoms with Crippen molar-refractivity contribution in [2.75, 3.05) is 11.1 Å². The molecule has 0 aliphatic heterocycles. The molecule has 0 amide bonds. The third-order valence-electron chi connectivity index (χ3n) is 2.52. The molecule has 0 saturated heterocycles. The van der Waals surface area contributed by atoms with Gasteiger partial charge < -0.3 is 11.1 Å². The molecule has 0 fully saturated rings. The van der Waals surface area contributed by atoms with Gasteiger partial charge in [0.05, 0.1) is 0 Å². The summed E-state index contributed by atoms with van der Waals surface area (Å²) in [5.41, 5.74) is 7.86. The van der Waals surface area contributed by atoms with Crippen molar-refractivity contribution in [3.05, 3.63) is 42.1 Å². The SMILES string of the molecule is CC(C)c1ccccc1Nc1ccnc(N)n1. The van der Waals surface area contributed by atoms with E-state index in [-0.39, 0.29) is 5.95 Å². The number of nitrogens with one attached hydrogen (secondary N) is 1. The minimum Gasteiger partial charge on any atom is -0.368 e. The Hall–Kier alpha value is -2.10. The Balaban J connectivity index is 2.30. The van der Waals surface area contributed by atoms with E-state index in [1.807, 2.05) is 18.2 Å². The second kappa shape index (κ2) is 4.82. The van der Waals surface area contributed by atoms with E-state index >= 15 is 0 Å². The van der Waals surface area contributed by atoms with E-state index in [0.29, 0.717) is 11.7 Å². The Morgan fingerprint density at radius 1 is 1.18 bits per heavy atom. The Bertz CT molecular complexity index is 508. The van der Waals surface area contributed by atoms with Crippen molar-refractivity contribution < 1.29 is 0 Å². The summed E-state index contributed by atoms with van der Waals surface area (Å²) >= 11 is 0. The normalized spacial score (nSPS) is 10.5. The zero-order chi connectivity index (χ0) is 12.3. The highest BCUT2D eigenvalue weighted by atomic mass is 15.1. The summed E-state index contributed by atoms with van der Waals surface area (Å²) in [4.78, 5) is 7.99. The lowest BCUT2D eigenvalue weighted by Crippen LogP contribution is -2.01. The number of benzene rings is 1. The lowest BCUT2D eigenvalue weighted by atomic mass is 10.0. The predicted octanol–water partition coefficient (Wildman–Crippen LogP) is 2.93. The molecule has 1 aromatic heterocycles. The third-order valence-corrected chi connectivity index (χ3v) is 2.52. The number of hydrogen-bond acceptors (Lipinski definition) is 4. The standard InChI is InChI=1S/C13H16N4/c1-9(2)10-5-3-4-6-11(10)16-12-7-8-15-13(14)17-12/h3-9H,1-2H3,(H3,14,15,16,17). The highest BCUT2D eigenvalue weighted by Crippen LogP contribution is 2.25. The fourth-order valence-corrected chi connectivity index (χ4v) is 1.70. The van der Waals surface area contributed by atoms with Gasteiger partial charge in [-0.05, 0) is 23.6 Å². The molecule has 0 aliphatic rings. The second-order valence-electron chi connectivity index (χ2n) is 4.17. The highest BCUT2D eigenvalue weighted by molar-refractivity contribution is 5.61. The maximum atomic E-state index is 5.55. The van der Waals surface area contributed by atoms with Crippen LogP contribution in [0.2, 0.25) is 0 Å². The summed E-state index contributed by atoms with van der Waals surface area (Å²) in [6.45, 7) is 4.32. The van der Waals surface area contributed by atoms with Gasteiger partial charge in [0.2, 0.25) is 5.95 Å². The average molecular weight is 228 g/mol. The van der Waals surface area contributed by atoms with Crippen molar-refractivity contribution in [3.63, 3.8) is 0 Å². The zero-order valence-corrected chi connectivity index (χ0v) is 10.0. The molecule has 3 N–H and O–H groups in total. The van der Waals surface area contributed by atoms with Gasteiger partial charge in [0.15, 0.2) is 0 Å². The van der Waals surface area contributed by atoms with Crippen molar-refractivity contribution in [1.29, 1.82) is 0 Å². The maximum Gasteiger partial charge on any atom is 0.221 e. The van der Waals surface area contributed by atoms with Crippen LogP contribution in [0, 0.1) is 0 Å². The number of para-hydroxylation sites is 1. The molecular formula is C13H16N4. The maximum absolute atomic E-state index is 5.55. The van der Waals surface area contributed by atoms with Gasteiger partial charge in [-0.1, -0.05) is 32.0 Å². The van der Waals surface area contributed by atoms with Gasteiger partial charge >= 0.3 is 0 Å². The van der Waals surface area contributed by atoms with Gasteiger partial charge in [0.25, 0.3) is 0 Å². The van der Waals surface area contributed by atoms with Crippen LogP contribution in [0.3, 0.4) is 0 Å². The number of rotatable bonds is 3. The molecular weight excluding hydrogens is 212 g/mol. The molecule has 0 bridgehead atoms. The monoisotopic (exact) mass is 228 g/mol. The molecule has 0 unspecified atom stereocenters. The number of nitrogens with two attached hydrogens (primary N) is 1. The molecule has 4 nitrogen and oxygen atoms in total. The van der Waals surface area contributed by atoms with E-state index in [9.17, 15) is 0 Å². The van der Waals surface area contributed by atoms with E-state index in [2.05, 4.69) is 35.2 Å². The van der Waals surface area contributed by atoms with Crippen LogP contribution in [-0.2, 0) is 0 Å². The third kappa shape index (κ3) is 2.72. The van der Waals surface area contributed by atoms with Gasteiger partial charge in [0, 0.05) is 11.9 Å². The van der Waals surface area contributed by atoms with Crippen molar-refractivity contribution in [2.45, 2.75) is 19.8 Å². The lowest BCUT2D eigenvalue weighted by molar-refractivity contribution is 0.869. The molecule has 2 aromatic rings. The molecule has 0 aliphatic carbocycles. The summed E-state index contributed by atoms with van der Waals surface area (Å²) in [6.07, 6.45) is 1.64. The van der Waals surface area contributed by atoms with Gasteiger partial charge in [-0.15, -0.1) is 0 Å². The van der Waals surface area contributed by atoms with Crippen LogP contribution < -0.4 is 11.1 Å². The second-order valence-corrected chi connectivity index (χ2v) is 4.17. The minimum absolute atomic E-state index is 0.275. The molecule has 1 heterocycles. The number of hydrogen-bond donors (Lipinski definition) is 2. The van der Waals surface area contributed by atoms with Crippen LogP contribution >= 0.6 is 0 Å². The number of nitrogen functional groups attached to an aromatic ring is 1. The van der Waals surface area contributed by atoms with E-state index in [1.54, 1.807) is 12.3 Å².